The minimum Gasteiger partial charge on any atom is -0.494 e. The highest BCUT2D eigenvalue weighted by Crippen LogP contribution is 2.24. The maximum atomic E-state index is 13.3. The van der Waals surface area contributed by atoms with E-state index in [9.17, 15) is 14.4 Å². The monoisotopic (exact) mass is 542 g/mol. The summed E-state index contributed by atoms with van der Waals surface area (Å²) in [6, 6.07) is 26.9. The van der Waals surface area contributed by atoms with Crippen LogP contribution in [0.2, 0.25) is 0 Å². The Balaban J connectivity index is 1.50. The summed E-state index contributed by atoms with van der Waals surface area (Å²) in [7, 11) is 0. The Morgan fingerprint density at radius 2 is 1.71 bits per heavy atom. The van der Waals surface area contributed by atoms with Gasteiger partial charge in [0.1, 0.15) is 11.4 Å². The molecule has 6 nitrogen and oxygen atoms in total. The van der Waals surface area contributed by atoms with E-state index >= 15 is 0 Å². The van der Waals surface area contributed by atoms with Gasteiger partial charge in [0.15, 0.2) is 5.78 Å². The van der Waals surface area contributed by atoms with Crippen LogP contribution in [0.4, 0.5) is 5.69 Å². The van der Waals surface area contributed by atoms with Crippen molar-refractivity contribution < 1.29 is 19.1 Å². The van der Waals surface area contributed by atoms with E-state index in [1.165, 1.54) is 23.1 Å². The van der Waals surface area contributed by atoms with E-state index in [0.29, 0.717) is 23.6 Å². The van der Waals surface area contributed by atoms with Crippen molar-refractivity contribution in [1.82, 2.24) is 5.32 Å². The molecule has 0 aliphatic heterocycles. The van der Waals surface area contributed by atoms with Gasteiger partial charge in [0.05, 0.1) is 17.2 Å². The molecule has 3 aromatic carbocycles. The van der Waals surface area contributed by atoms with Crippen LogP contribution in [0.15, 0.2) is 107 Å². The molecule has 38 heavy (non-hydrogen) atoms. The maximum Gasteiger partial charge on any atom is 0.272 e. The molecule has 0 saturated carbocycles. The number of benzene rings is 3. The minimum atomic E-state index is -0.472. The first-order valence-electron chi connectivity index (χ1n) is 11.9. The second-order valence-corrected chi connectivity index (χ2v) is 10.0. The van der Waals surface area contributed by atoms with Gasteiger partial charge in [-0.2, -0.15) is 0 Å². The normalized spacial score (nSPS) is 11.0. The van der Waals surface area contributed by atoms with Crippen molar-refractivity contribution in [3.63, 3.8) is 0 Å². The van der Waals surface area contributed by atoms with Gasteiger partial charge in [0.25, 0.3) is 11.8 Å². The lowest BCUT2D eigenvalue weighted by Gasteiger charge is -2.12. The van der Waals surface area contributed by atoms with Gasteiger partial charge in [-0.1, -0.05) is 42.5 Å². The lowest BCUT2D eigenvalue weighted by molar-refractivity contribution is -0.113. The van der Waals surface area contributed by atoms with Crippen LogP contribution in [0.5, 0.6) is 5.75 Å². The number of thioether (sulfide) groups is 1. The molecule has 1 heterocycles. The number of thiophene rings is 1. The zero-order valence-corrected chi connectivity index (χ0v) is 22.3. The van der Waals surface area contributed by atoms with Crippen LogP contribution < -0.4 is 15.4 Å². The van der Waals surface area contributed by atoms with Crippen LogP contribution in [0, 0.1) is 0 Å². The highest BCUT2D eigenvalue weighted by molar-refractivity contribution is 8.00. The predicted octanol–water partition coefficient (Wildman–Crippen LogP) is 6.53. The third-order valence-electron chi connectivity index (χ3n) is 5.29. The van der Waals surface area contributed by atoms with Crippen LogP contribution in [0.25, 0.3) is 6.08 Å². The summed E-state index contributed by atoms with van der Waals surface area (Å²) in [5, 5.41) is 7.48. The Labute approximate surface area is 229 Å². The number of ketones is 1. The fourth-order valence-corrected chi connectivity index (χ4v) is 5.05. The molecule has 0 fully saturated rings. The van der Waals surface area contributed by atoms with Gasteiger partial charge in [0.2, 0.25) is 0 Å². The molecule has 0 saturated heterocycles. The van der Waals surface area contributed by atoms with Gasteiger partial charge in [-0.15, -0.1) is 23.1 Å². The van der Waals surface area contributed by atoms with Crippen molar-refractivity contribution in [2.45, 2.75) is 11.8 Å². The van der Waals surface area contributed by atoms with Crippen molar-refractivity contribution >= 4 is 52.5 Å². The second-order valence-electron chi connectivity index (χ2n) is 8.05. The van der Waals surface area contributed by atoms with Crippen LogP contribution in [-0.2, 0) is 4.79 Å². The fourth-order valence-electron chi connectivity index (χ4n) is 3.46. The zero-order valence-electron chi connectivity index (χ0n) is 20.7. The number of carbonyl (C=O) groups is 3. The molecule has 2 N–H and O–H groups in total. The van der Waals surface area contributed by atoms with Gasteiger partial charge in [-0.3, -0.25) is 14.4 Å². The van der Waals surface area contributed by atoms with Crippen molar-refractivity contribution in [2.75, 3.05) is 17.7 Å². The first kappa shape index (κ1) is 26.9. The molecule has 2 amide bonds. The summed E-state index contributed by atoms with van der Waals surface area (Å²) < 4.78 is 5.49. The molecule has 0 atom stereocenters. The van der Waals surface area contributed by atoms with Crippen molar-refractivity contribution in [1.29, 1.82) is 0 Å². The Bertz CT molecular complexity index is 1420. The standard InChI is InChI=1S/C30H26N2O4S2/c1-2-36-24-15-13-21(14-16-24)18-26(32-29(34)22-8-4-3-5-9-22)30(35)31-23-10-6-11-25(19-23)38-20-27(33)28-12-7-17-37-28/h3-19H,2,20H2,1H3,(H,31,35)(H,32,34)/b26-18-. The highest BCUT2D eigenvalue weighted by Gasteiger charge is 2.16. The summed E-state index contributed by atoms with van der Waals surface area (Å²) in [5.74, 6) is 0.210. The molecule has 8 heteroatoms. The number of rotatable bonds is 11. The molecule has 0 spiro atoms. The Morgan fingerprint density at radius 3 is 2.42 bits per heavy atom. The van der Waals surface area contributed by atoms with Gasteiger partial charge in [-0.05, 0) is 72.5 Å². The first-order valence-corrected chi connectivity index (χ1v) is 13.8. The maximum absolute atomic E-state index is 13.3. The average Bonchev–Trinajstić information content (AvgIpc) is 3.48. The minimum absolute atomic E-state index is 0.0589. The van der Waals surface area contributed by atoms with E-state index in [1.54, 1.807) is 42.5 Å². The quantitative estimate of drug-likeness (QED) is 0.128. The van der Waals surface area contributed by atoms with Crippen LogP contribution >= 0.6 is 23.1 Å². The van der Waals surface area contributed by atoms with E-state index in [0.717, 1.165) is 21.1 Å². The number of amides is 2. The number of anilines is 1. The number of ether oxygens (including phenoxy) is 1. The summed E-state index contributed by atoms with van der Waals surface area (Å²) in [6.45, 7) is 2.46. The summed E-state index contributed by atoms with van der Waals surface area (Å²) in [6.07, 6.45) is 1.62. The largest absolute Gasteiger partial charge is 0.494 e. The topological polar surface area (TPSA) is 84.5 Å². The molecule has 0 unspecified atom stereocenters. The number of hydrogen-bond acceptors (Lipinski definition) is 6. The van der Waals surface area contributed by atoms with E-state index in [-0.39, 0.29) is 11.5 Å². The third-order valence-corrected chi connectivity index (χ3v) is 7.19. The molecule has 0 aliphatic rings. The lowest BCUT2D eigenvalue weighted by Crippen LogP contribution is -2.30. The smallest absolute Gasteiger partial charge is 0.272 e. The molecular formula is C30H26N2O4S2. The third kappa shape index (κ3) is 7.68. The SMILES string of the molecule is CCOc1ccc(/C=C(\NC(=O)c2ccccc2)C(=O)Nc2cccc(SCC(=O)c3cccs3)c2)cc1. The second kappa shape index (κ2) is 13.4. The van der Waals surface area contributed by atoms with Crippen LogP contribution in [-0.4, -0.2) is 30.0 Å². The number of carbonyl (C=O) groups excluding carboxylic acids is 3. The van der Waals surface area contributed by atoms with E-state index in [2.05, 4.69) is 10.6 Å². The van der Waals surface area contributed by atoms with Gasteiger partial charge >= 0.3 is 0 Å². The van der Waals surface area contributed by atoms with Crippen LogP contribution in [0.3, 0.4) is 0 Å². The molecule has 1 aromatic heterocycles. The van der Waals surface area contributed by atoms with E-state index in [4.69, 9.17) is 4.74 Å². The van der Waals surface area contributed by atoms with Crippen molar-refractivity contribution in [2.24, 2.45) is 0 Å². The van der Waals surface area contributed by atoms with Gasteiger partial charge in [0, 0.05) is 16.1 Å². The van der Waals surface area contributed by atoms with E-state index in [1.807, 2.05) is 66.9 Å². The summed E-state index contributed by atoms with van der Waals surface area (Å²) in [4.78, 5) is 40.1. The average molecular weight is 543 g/mol. The van der Waals surface area contributed by atoms with Gasteiger partial charge < -0.3 is 15.4 Å². The lowest BCUT2D eigenvalue weighted by atomic mass is 10.1. The van der Waals surface area contributed by atoms with Crippen LogP contribution in [0.1, 0.15) is 32.5 Å². The fraction of sp³-hybridized carbons (Fsp3) is 0.100. The highest BCUT2D eigenvalue weighted by atomic mass is 32.2. The predicted molar refractivity (Wildman–Crippen MR) is 154 cm³/mol. The molecule has 0 radical (unpaired) electrons. The van der Waals surface area contributed by atoms with E-state index < -0.39 is 11.8 Å². The Morgan fingerprint density at radius 1 is 0.921 bits per heavy atom. The Hall–Kier alpha value is -4.14. The molecule has 0 bridgehead atoms. The van der Waals surface area contributed by atoms with Gasteiger partial charge in [-0.25, -0.2) is 0 Å². The number of nitrogens with one attached hydrogen (secondary N) is 2. The molecule has 4 aromatic rings. The molecule has 4 rings (SSSR count). The number of hydrogen-bond donors (Lipinski definition) is 2. The first-order chi connectivity index (χ1) is 18.5. The Kier molecular flexibility index (Phi) is 9.50. The van der Waals surface area contributed by atoms with Crippen molar-refractivity contribution in [3.8, 4) is 5.75 Å². The summed E-state index contributed by atoms with van der Waals surface area (Å²) in [5.41, 5.74) is 1.80. The molecule has 0 aliphatic carbocycles. The zero-order chi connectivity index (χ0) is 26.7. The molecular weight excluding hydrogens is 516 g/mol. The molecule has 192 valence electrons. The number of Topliss-reactive ketones (excluding diaryl/α,β-unsaturated/α-hetero) is 1. The summed E-state index contributed by atoms with van der Waals surface area (Å²) >= 11 is 2.82. The van der Waals surface area contributed by atoms with Crippen molar-refractivity contribution in [3.05, 3.63) is 118 Å².